The van der Waals surface area contributed by atoms with Gasteiger partial charge in [-0.05, 0) is 44.7 Å². The Hall–Kier alpha value is -1.93. The Morgan fingerprint density at radius 1 is 1.12 bits per heavy atom. The van der Waals surface area contributed by atoms with Crippen molar-refractivity contribution in [2.75, 3.05) is 13.1 Å². The van der Waals surface area contributed by atoms with Gasteiger partial charge in [-0.25, -0.2) is 8.42 Å². The molecule has 0 saturated carbocycles. The molecular formula is C18H26N2O5S. The fraction of sp³-hybridized carbons (Fsp3) is 0.556. The Bertz CT molecular complexity index is 722. The summed E-state index contributed by atoms with van der Waals surface area (Å²) in [6, 6.07) is 6.77. The lowest BCUT2D eigenvalue weighted by molar-refractivity contribution is -0.137. The van der Waals surface area contributed by atoms with Gasteiger partial charge >= 0.3 is 5.97 Å². The number of rotatable bonds is 8. The summed E-state index contributed by atoms with van der Waals surface area (Å²) >= 11 is 0. The number of aliphatic carboxylic acids is 1. The average molecular weight is 382 g/mol. The van der Waals surface area contributed by atoms with E-state index in [-0.39, 0.29) is 18.4 Å². The highest BCUT2D eigenvalue weighted by molar-refractivity contribution is 7.89. The van der Waals surface area contributed by atoms with Crippen LogP contribution < -0.4 is 5.32 Å². The second kappa shape index (κ2) is 9.14. The van der Waals surface area contributed by atoms with Crippen LogP contribution in [0, 0.1) is 6.92 Å². The van der Waals surface area contributed by atoms with Crippen LogP contribution in [0.5, 0.6) is 0 Å². The molecule has 0 atom stereocenters. The highest BCUT2D eigenvalue weighted by Crippen LogP contribution is 2.21. The molecule has 144 valence electrons. The quantitative estimate of drug-likeness (QED) is 0.669. The molecule has 1 aliphatic heterocycles. The summed E-state index contributed by atoms with van der Waals surface area (Å²) < 4.78 is 26.8. The zero-order chi connectivity index (χ0) is 19.2. The topological polar surface area (TPSA) is 104 Å². The third kappa shape index (κ3) is 5.81. The molecule has 1 fully saturated rings. The van der Waals surface area contributed by atoms with Crippen LogP contribution in [0.4, 0.5) is 0 Å². The van der Waals surface area contributed by atoms with Crippen molar-refractivity contribution in [2.45, 2.75) is 56.4 Å². The molecule has 26 heavy (non-hydrogen) atoms. The molecule has 0 aliphatic carbocycles. The zero-order valence-corrected chi connectivity index (χ0v) is 15.8. The molecule has 0 radical (unpaired) electrons. The van der Waals surface area contributed by atoms with Gasteiger partial charge in [-0.3, -0.25) is 9.59 Å². The summed E-state index contributed by atoms with van der Waals surface area (Å²) in [5.74, 6) is -0.956. The number of carbonyl (C=O) groups excluding carboxylic acids is 1. The summed E-state index contributed by atoms with van der Waals surface area (Å²) in [5.41, 5.74) is 1.01. The SMILES string of the molecule is Cc1ccc(S(=O)(=O)N2CCC(NC(=O)CCCCC(=O)O)CC2)cc1. The van der Waals surface area contributed by atoms with Gasteiger partial charge in [-0.15, -0.1) is 0 Å². The number of nitrogens with one attached hydrogen (secondary N) is 1. The number of sulfonamides is 1. The van der Waals surface area contributed by atoms with Crippen molar-refractivity contribution in [3.05, 3.63) is 29.8 Å². The van der Waals surface area contributed by atoms with Gasteiger partial charge < -0.3 is 10.4 Å². The summed E-state index contributed by atoms with van der Waals surface area (Å²) in [6.07, 6.45) is 2.55. The number of amides is 1. The largest absolute Gasteiger partial charge is 0.481 e. The number of piperidine rings is 1. The molecule has 2 rings (SSSR count). The molecule has 1 amide bonds. The predicted molar refractivity (Wildman–Crippen MR) is 97.2 cm³/mol. The Labute approximate surface area is 154 Å². The first kappa shape index (κ1) is 20.4. The van der Waals surface area contributed by atoms with Gasteiger partial charge in [0.2, 0.25) is 15.9 Å². The van der Waals surface area contributed by atoms with Crippen LogP contribution >= 0.6 is 0 Å². The smallest absolute Gasteiger partial charge is 0.303 e. The predicted octanol–water partition coefficient (Wildman–Crippen LogP) is 1.91. The molecule has 2 N–H and O–H groups in total. The molecule has 0 spiro atoms. The van der Waals surface area contributed by atoms with Crippen molar-refractivity contribution in [2.24, 2.45) is 0 Å². The molecular weight excluding hydrogens is 356 g/mol. The van der Waals surface area contributed by atoms with E-state index >= 15 is 0 Å². The average Bonchev–Trinajstić information content (AvgIpc) is 2.59. The first-order valence-electron chi connectivity index (χ1n) is 8.87. The summed E-state index contributed by atoms with van der Waals surface area (Å²) in [4.78, 5) is 22.6. The van der Waals surface area contributed by atoms with E-state index in [9.17, 15) is 18.0 Å². The lowest BCUT2D eigenvalue weighted by atomic mass is 10.1. The number of unbranched alkanes of at least 4 members (excludes halogenated alkanes) is 1. The Morgan fingerprint density at radius 3 is 2.27 bits per heavy atom. The highest BCUT2D eigenvalue weighted by Gasteiger charge is 2.29. The molecule has 1 aromatic carbocycles. The fourth-order valence-corrected chi connectivity index (χ4v) is 4.43. The van der Waals surface area contributed by atoms with Crippen LogP contribution in [-0.4, -0.2) is 48.8 Å². The van der Waals surface area contributed by atoms with Gasteiger partial charge in [0.15, 0.2) is 0 Å². The van der Waals surface area contributed by atoms with E-state index in [2.05, 4.69) is 5.32 Å². The number of hydrogen-bond acceptors (Lipinski definition) is 4. The number of carboxylic acid groups (broad SMARTS) is 1. The van der Waals surface area contributed by atoms with Crippen molar-refractivity contribution in [3.8, 4) is 0 Å². The number of benzene rings is 1. The Kier molecular flexibility index (Phi) is 7.16. The van der Waals surface area contributed by atoms with Gasteiger partial charge in [0.25, 0.3) is 0 Å². The van der Waals surface area contributed by atoms with Gasteiger partial charge in [-0.2, -0.15) is 4.31 Å². The number of aryl methyl sites for hydroxylation is 1. The van der Waals surface area contributed by atoms with Crippen molar-refractivity contribution in [1.82, 2.24) is 9.62 Å². The summed E-state index contributed by atoms with van der Waals surface area (Å²) in [5, 5.41) is 11.5. The molecule has 1 heterocycles. The molecule has 1 aliphatic rings. The number of hydrogen-bond donors (Lipinski definition) is 2. The lowest BCUT2D eigenvalue weighted by Gasteiger charge is -2.31. The van der Waals surface area contributed by atoms with Gasteiger partial charge in [0.1, 0.15) is 0 Å². The van der Waals surface area contributed by atoms with E-state index in [0.717, 1.165) is 5.56 Å². The third-order valence-corrected chi connectivity index (χ3v) is 6.44. The highest BCUT2D eigenvalue weighted by atomic mass is 32.2. The standard InChI is InChI=1S/C18H26N2O5S/c1-14-6-8-16(9-7-14)26(24,25)20-12-10-15(11-13-20)19-17(21)4-2-3-5-18(22)23/h6-9,15H,2-5,10-13H2,1H3,(H,19,21)(H,22,23). The van der Waals surface area contributed by atoms with Crippen LogP contribution in [0.1, 0.15) is 44.1 Å². The number of carboxylic acids is 1. The number of nitrogens with zero attached hydrogens (tertiary/aromatic N) is 1. The van der Waals surface area contributed by atoms with E-state index in [1.807, 2.05) is 6.92 Å². The molecule has 1 saturated heterocycles. The minimum atomic E-state index is -3.49. The van der Waals surface area contributed by atoms with Crippen LogP contribution in [0.15, 0.2) is 29.2 Å². The van der Waals surface area contributed by atoms with E-state index in [1.165, 1.54) is 4.31 Å². The van der Waals surface area contributed by atoms with Gasteiger partial charge in [0, 0.05) is 32.0 Å². The second-order valence-corrected chi connectivity index (χ2v) is 8.60. The van der Waals surface area contributed by atoms with E-state index in [0.29, 0.717) is 50.1 Å². The zero-order valence-electron chi connectivity index (χ0n) is 15.0. The van der Waals surface area contributed by atoms with Crippen LogP contribution in [0.25, 0.3) is 0 Å². The minimum absolute atomic E-state index is 0.0357. The monoisotopic (exact) mass is 382 g/mol. The normalized spacial score (nSPS) is 16.3. The van der Waals surface area contributed by atoms with Crippen LogP contribution in [0.3, 0.4) is 0 Å². The van der Waals surface area contributed by atoms with Gasteiger partial charge in [0.05, 0.1) is 4.90 Å². The molecule has 1 aromatic rings. The van der Waals surface area contributed by atoms with Crippen molar-refractivity contribution in [1.29, 1.82) is 0 Å². The van der Waals surface area contributed by atoms with E-state index < -0.39 is 16.0 Å². The van der Waals surface area contributed by atoms with Crippen molar-refractivity contribution >= 4 is 21.9 Å². The van der Waals surface area contributed by atoms with Crippen molar-refractivity contribution in [3.63, 3.8) is 0 Å². The van der Waals surface area contributed by atoms with Crippen molar-refractivity contribution < 1.29 is 23.1 Å². The third-order valence-electron chi connectivity index (χ3n) is 4.52. The maximum atomic E-state index is 12.6. The van der Waals surface area contributed by atoms with Crippen LogP contribution in [0.2, 0.25) is 0 Å². The molecule has 0 aromatic heterocycles. The Morgan fingerprint density at radius 2 is 1.69 bits per heavy atom. The number of carbonyl (C=O) groups is 2. The lowest BCUT2D eigenvalue weighted by Crippen LogP contribution is -2.46. The molecule has 0 bridgehead atoms. The first-order valence-corrected chi connectivity index (χ1v) is 10.3. The Balaban J connectivity index is 1.78. The second-order valence-electron chi connectivity index (χ2n) is 6.66. The minimum Gasteiger partial charge on any atom is -0.481 e. The maximum absolute atomic E-state index is 12.6. The molecule has 7 nitrogen and oxygen atoms in total. The van der Waals surface area contributed by atoms with Gasteiger partial charge in [-0.1, -0.05) is 17.7 Å². The summed E-state index contributed by atoms with van der Waals surface area (Å²) in [6.45, 7) is 2.66. The summed E-state index contributed by atoms with van der Waals surface area (Å²) in [7, 11) is -3.49. The fourth-order valence-electron chi connectivity index (χ4n) is 2.96. The van der Waals surface area contributed by atoms with E-state index in [4.69, 9.17) is 5.11 Å². The van der Waals surface area contributed by atoms with Crippen LogP contribution in [-0.2, 0) is 19.6 Å². The molecule has 0 unspecified atom stereocenters. The molecule has 8 heteroatoms. The first-order chi connectivity index (χ1) is 12.3. The van der Waals surface area contributed by atoms with E-state index in [1.54, 1.807) is 24.3 Å². The maximum Gasteiger partial charge on any atom is 0.303 e.